The molecule has 0 amide bonds. The van der Waals surface area contributed by atoms with E-state index in [1.807, 2.05) is 0 Å². The van der Waals surface area contributed by atoms with E-state index in [0.29, 0.717) is 0 Å². The first-order chi connectivity index (χ1) is 2.77. The monoisotopic (exact) mass is 109 g/mol. The molecule has 0 aliphatic carbocycles. The van der Waals surface area contributed by atoms with Crippen molar-refractivity contribution in [2.24, 2.45) is 5.73 Å². The van der Waals surface area contributed by atoms with Crippen molar-refractivity contribution >= 4 is 9.03 Å². The number of hydrogen-bond donors (Lipinski definition) is 2. The summed E-state index contributed by atoms with van der Waals surface area (Å²) in [4.78, 5) is 7.96. The number of nitrogens with two attached hydrogens (primary N) is 1. The molecule has 0 aliphatic heterocycles. The Hall–Kier alpha value is 0.310. The van der Waals surface area contributed by atoms with Gasteiger partial charge < -0.3 is 15.2 Å². The van der Waals surface area contributed by atoms with Crippen LogP contribution in [0.1, 0.15) is 6.92 Å². The second kappa shape index (κ2) is 3.50. The van der Waals surface area contributed by atoms with Crippen LogP contribution < -0.4 is 5.73 Å². The summed E-state index contributed by atoms with van der Waals surface area (Å²) < 4.78 is 4.40. The van der Waals surface area contributed by atoms with Crippen molar-refractivity contribution < 1.29 is 9.42 Å². The smallest absolute Gasteiger partial charge is 0.153 e. The predicted octanol–water partition coefficient (Wildman–Crippen LogP) is -0.191. The summed E-state index contributed by atoms with van der Waals surface area (Å²) in [7, 11) is -0.487. The van der Waals surface area contributed by atoms with Gasteiger partial charge in [-0.3, -0.25) is 0 Å². The molecule has 0 saturated carbocycles. The van der Waals surface area contributed by atoms with Gasteiger partial charge in [-0.2, -0.15) is 0 Å². The minimum absolute atomic E-state index is 0.340. The first kappa shape index (κ1) is 6.31. The van der Waals surface area contributed by atoms with Crippen molar-refractivity contribution in [3.8, 4) is 0 Å². The van der Waals surface area contributed by atoms with Crippen LogP contribution in [0.5, 0.6) is 0 Å². The molecule has 0 saturated heterocycles. The maximum atomic E-state index is 7.96. The van der Waals surface area contributed by atoms with Crippen LogP contribution in [-0.2, 0) is 4.52 Å². The van der Waals surface area contributed by atoms with Crippen LogP contribution in [0.25, 0.3) is 0 Å². The van der Waals surface area contributed by atoms with Gasteiger partial charge in [-0.1, -0.05) is 0 Å². The van der Waals surface area contributed by atoms with Crippen molar-refractivity contribution in [3.63, 3.8) is 0 Å². The molecule has 0 aromatic carbocycles. The average Bonchev–Trinajstić information content (AvgIpc) is 1.35. The second-order valence-corrected chi connectivity index (χ2v) is 1.33. The molecule has 0 heterocycles. The molecule has 0 radical (unpaired) electrons. The fourth-order valence-corrected chi connectivity index (χ4v) is 0.249. The van der Waals surface area contributed by atoms with Crippen LogP contribution in [0.2, 0.25) is 0 Å². The molecule has 2 unspecified atom stereocenters. The Balaban J connectivity index is 2.63. The van der Waals surface area contributed by atoms with Gasteiger partial charge in [0.25, 0.3) is 0 Å². The van der Waals surface area contributed by atoms with Gasteiger partial charge in [-0.15, -0.1) is 0 Å². The maximum Gasteiger partial charge on any atom is 0.153 e. The van der Waals surface area contributed by atoms with E-state index in [2.05, 4.69) is 4.52 Å². The van der Waals surface area contributed by atoms with Gasteiger partial charge >= 0.3 is 0 Å². The molecule has 0 spiro atoms. The third kappa shape index (κ3) is 4.31. The zero-order chi connectivity index (χ0) is 4.99. The maximum absolute atomic E-state index is 7.96. The van der Waals surface area contributed by atoms with Gasteiger partial charge in [-0.25, -0.2) is 0 Å². The van der Waals surface area contributed by atoms with Gasteiger partial charge in [-0.05, 0) is 6.92 Å². The Morgan fingerprint density at radius 3 is 2.50 bits per heavy atom. The van der Waals surface area contributed by atoms with Crippen LogP contribution in [0.4, 0.5) is 0 Å². The standard InChI is InChI=1S/C2H8NO2P/c1-2(3)5-6-4/h2,4,6H,3H2,1H3. The van der Waals surface area contributed by atoms with E-state index in [1.165, 1.54) is 0 Å². The molecule has 0 bridgehead atoms. The van der Waals surface area contributed by atoms with Crippen molar-refractivity contribution in [2.75, 3.05) is 0 Å². The van der Waals surface area contributed by atoms with E-state index in [1.54, 1.807) is 6.92 Å². The van der Waals surface area contributed by atoms with Crippen molar-refractivity contribution in [1.29, 1.82) is 0 Å². The van der Waals surface area contributed by atoms with Crippen LogP contribution in [-0.4, -0.2) is 11.1 Å². The fourth-order valence-electron chi connectivity index (χ4n) is 0.0831. The summed E-state index contributed by atoms with van der Waals surface area (Å²) in [5.41, 5.74) is 5.03. The topological polar surface area (TPSA) is 55.5 Å². The Morgan fingerprint density at radius 1 is 2.00 bits per heavy atom. The summed E-state index contributed by atoms with van der Waals surface area (Å²) in [5, 5.41) is 0. The van der Waals surface area contributed by atoms with Crippen molar-refractivity contribution in [2.45, 2.75) is 13.2 Å². The zero-order valence-electron chi connectivity index (χ0n) is 3.51. The fraction of sp³-hybridized carbons (Fsp3) is 1.00. The Bertz CT molecular complexity index is 32.7. The molecule has 0 rings (SSSR count). The SMILES string of the molecule is CC(N)OPO. The molecular formula is C2H8NO2P. The molecule has 0 fully saturated rings. The molecule has 0 aromatic rings. The highest BCUT2D eigenvalue weighted by atomic mass is 31.1. The molecule has 6 heavy (non-hydrogen) atoms. The zero-order valence-corrected chi connectivity index (χ0v) is 4.51. The van der Waals surface area contributed by atoms with Crippen LogP contribution in [0.15, 0.2) is 0 Å². The molecule has 4 heteroatoms. The third-order valence-corrected chi connectivity index (χ3v) is 0.716. The van der Waals surface area contributed by atoms with E-state index >= 15 is 0 Å². The van der Waals surface area contributed by atoms with Crippen molar-refractivity contribution in [3.05, 3.63) is 0 Å². The largest absolute Gasteiger partial charge is 0.352 e. The Labute approximate surface area is 38.4 Å². The summed E-state index contributed by atoms with van der Waals surface area (Å²) in [6.45, 7) is 1.66. The van der Waals surface area contributed by atoms with Gasteiger partial charge in [0, 0.05) is 0 Å². The van der Waals surface area contributed by atoms with Crippen LogP contribution in [0.3, 0.4) is 0 Å². The summed E-state index contributed by atoms with van der Waals surface area (Å²) >= 11 is 0. The molecule has 38 valence electrons. The van der Waals surface area contributed by atoms with Gasteiger partial charge in [0.05, 0.1) is 0 Å². The summed E-state index contributed by atoms with van der Waals surface area (Å²) in [6.07, 6.45) is -0.340. The molecular weight excluding hydrogens is 101 g/mol. The first-order valence-electron chi connectivity index (χ1n) is 1.57. The van der Waals surface area contributed by atoms with E-state index < -0.39 is 9.03 Å². The highest BCUT2D eigenvalue weighted by Gasteiger charge is 1.85. The Morgan fingerprint density at radius 2 is 2.50 bits per heavy atom. The van der Waals surface area contributed by atoms with Crippen LogP contribution in [0, 0.1) is 0 Å². The number of rotatable bonds is 2. The lowest BCUT2D eigenvalue weighted by Gasteiger charge is -1.98. The summed E-state index contributed by atoms with van der Waals surface area (Å²) in [6, 6.07) is 0. The van der Waals surface area contributed by atoms with Gasteiger partial charge in [0.1, 0.15) is 6.23 Å². The minimum Gasteiger partial charge on any atom is -0.352 e. The lowest BCUT2D eigenvalue weighted by Crippen LogP contribution is -2.14. The molecule has 0 aromatic heterocycles. The lowest BCUT2D eigenvalue weighted by atomic mass is 10.7. The van der Waals surface area contributed by atoms with Gasteiger partial charge in [0.15, 0.2) is 9.03 Å². The number of hydrogen-bond acceptors (Lipinski definition) is 3. The first-order valence-corrected chi connectivity index (χ1v) is 2.43. The van der Waals surface area contributed by atoms with Crippen LogP contribution >= 0.6 is 9.03 Å². The molecule has 3 N–H and O–H groups in total. The molecule has 0 aliphatic rings. The third-order valence-electron chi connectivity index (χ3n) is 0.239. The summed E-state index contributed by atoms with van der Waals surface area (Å²) in [5.74, 6) is 0. The van der Waals surface area contributed by atoms with Crippen molar-refractivity contribution in [1.82, 2.24) is 0 Å². The van der Waals surface area contributed by atoms with E-state index in [-0.39, 0.29) is 6.23 Å². The van der Waals surface area contributed by atoms with Gasteiger partial charge in [0.2, 0.25) is 0 Å². The minimum atomic E-state index is -0.487. The highest BCUT2D eigenvalue weighted by Crippen LogP contribution is 2.03. The average molecular weight is 109 g/mol. The molecule has 3 nitrogen and oxygen atoms in total. The predicted molar refractivity (Wildman–Crippen MR) is 25.3 cm³/mol. The van der Waals surface area contributed by atoms with E-state index in [0.717, 1.165) is 0 Å². The quantitative estimate of drug-likeness (QED) is 0.381. The highest BCUT2D eigenvalue weighted by molar-refractivity contribution is 7.24. The lowest BCUT2D eigenvalue weighted by molar-refractivity contribution is 0.241. The van der Waals surface area contributed by atoms with E-state index in [9.17, 15) is 0 Å². The second-order valence-electron chi connectivity index (χ2n) is 0.914. The van der Waals surface area contributed by atoms with E-state index in [4.69, 9.17) is 10.6 Å². The normalized spacial score (nSPS) is 16.5. The Kier molecular flexibility index (Phi) is 3.68. The molecule has 2 atom stereocenters.